The topological polar surface area (TPSA) is 17.8 Å². The molecule has 0 aliphatic rings. The normalized spacial score (nSPS) is 12.8. The van der Waals surface area contributed by atoms with E-state index < -0.39 is 0 Å². The molecule has 0 N–H and O–H groups in total. The molecule has 2 nitrogen and oxygen atoms in total. The van der Waals surface area contributed by atoms with Crippen molar-refractivity contribution in [3.8, 4) is 0 Å². The molecule has 0 amide bonds. The highest BCUT2D eigenvalue weighted by Gasteiger charge is 2.22. The Morgan fingerprint density at radius 3 is 2.04 bits per heavy atom. The van der Waals surface area contributed by atoms with Gasteiger partial charge in [0.1, 0.15) is 0 Å². The number of aromatic nitrogens is 2. The summed E-state index contributed by atoms with van der Waals surface area (Å²) in [6.07, 6.45) is 5.56. The van der Waals surface area contributed by atoms with Crippen molar-refractivity contribution in [2.45, 2.75) is 91.5 Å². The van der Waals surface area contributed by atoms with Gasteiger partial charge >= 0.3 is 0 Å². The third-order valence-corrected chi connectivity index (χ3v) is 4.83. The molecule has 0 bridgehead atoms. The van der Waals surface area contributed by atoms with Gasteiger partial charge in [0.25, 0.3) is 0 Å². The maximum atomic E-state index is 4.90. The number of hydrogen-bond acceptors (Lipinski definition) is 1. The standard InChI is InChI=1S/C23H36N2/c1-17(2)25-16-20(23(6,7)8)21(24-25)15-11-13-18-12-9-10-14-19(18)22(3,4)5/h9-10,12,14,16-17H,11,13,15H2,1-8H3. The Balaban J connectivity index is 2.16. The lowest BCUT2D eigenvalue weighted by Crippen LogP contribution is -2.15. The lowest BCUT2D eigenvalue weighted by atomic mass is 9.82. The van der Waals surface area contributed by atoms with E-state index in [1.165, 1.54) is 22.4 Å². The average molecular weight is 341 g/mol. The van der Waals surface area contributed by atoms with Gasteiger partial charge in [-0.2, -0.15) is 5.10 Å². The van der Waals surface area contributed by atoms with Crippen molar-refractivity contribution in [1.29, 1.82) is 0 Å². The molecule has 0 radical (unpaired) electrons. The van der Waals surface area contributed by atoms with E-state index in [1.54, 1.807) is 0 Å². The van der Waals surface area contributed by atoms with Gasteiger partial charge in [-0.1, -0.05) is 65.8 Å². The molecule has 0 atom stereocenters. The molecule has 2 rings (SSSR count). The van der Waals surface area contributed by atoms with Crippen molar-refractivity contribution < 1.29 is 0 Å². The van der Waals surface area contributed by atoms with Gasteiger partial charge in [0.05, 0.1) is 5.69 Å². The summed E-state index contributed by atoms with van der Waals surface area (Å²) < 4.78 is 2.12. The van der Waals surface area contributed by atoms with Crippen LogP contribution in [-0.2, 0) is 23.7 Å². The summed E-state index contributed by atoms with van der Waals surface area (Å²) in [6.45, 7) is 18.1. The van der Waals surface area contributed by atoms with Crippen LogP contribution in [0.1, 0.15) is 90.2 Å². The molecular formula is C23H36N2. The van der Waals surface area contributed by atoms with Crippen LogP contribution in [0.2, 0.25) is 0 Å². The van der Waals surface area contributed by atoms with E-state index >= 15 is 0 Å². The highest BCUT2D eigenvalue weighted by Crippen LogP contribution is 2.29. The van der Waals surface area contributed by atoms with Gasteiger partial charge in [-0.15, -0.1) is 0 Å². The van der Waals surface area contributed by atoms with Crippen molar-refractivity contribution >= 4 is 0 Å². The number of hydrogen-bond donors (Lipinski definition) is 0. The molecule has 0 saturated carbocycles. The first-order valence-corrected chi connectivity index (χ1v) is 9.67. The van der Waals surface area contributed by atoms with Gasteiger partial charge in [-0.25, -0.2) is 0 Å². The van der Waals surface area contributed by atoms with Crippen molar-refractivity contribution in [3.63, 3.8) is 0 Å². The van der Waals surface area contributed by atoms with Crippen LogP contribution in [0.15, 0.2) is 30.5 Å². The van der Waals surface area contributed by atoms with Crippen LogP contribution < -0.4 is 0 Å². The Morgan fingerprint density at radius 1 is 0.880 bits per heavy atom. The fraction of sp³-hybridized carbons (Fsp3) is 0.609. The second-order valence-electron chi connectivity index (χ2n) is 9.57. The predicted octanol–water partition coefficient (Wildman–Crippen LogP) is 6.23. The number of benzene rings is 1. The molecular weight excluding hydrogens is 304 g/mol. The highest BCUT2D eigenvalue weighted by molar-refractivity contribution is 5.33. The van der Waals surface area contributed by atoms with E-state index in [4.69, 9.17) is 5.10 Å². The Morgan fingerprint density at radius 2 is 1.48 bits per heavy atom. The fourth-order valence-electron chi connectivity index (χ4n) is 3.42. The zero-order valence-corrected chi connectivity index (χ0v) is 17.5. The second-order valence-corrected chi connectivity index (χ2v) is 9.57. The number of nitrogens with zero attached hydrogens (tertiary/aromatic N) is 2. The average Bonchev–Trinajstić information content (AvgIpc) is 2.91. The van der Waals surface area contributed by atoms with Gasteiger partial charge < -0.3 is 0 Å². The Kier molecular flexibility index (Phi) is 5.81. The van der Waals surface area contributed by atoms with Crippen molar-refractivity contribution in [2.75, 3.05) is 0 Å². The maximum Gasteiger partial charge on any atom is 0.0662 e. The smallest absolute Gasteiger partial charge is 0.0662 e. The van der Waals surface area contributed by atoms with E-state index in [0.29, 0.717) is 6.04 Å². The third kappa shape index (κ3) is 4.96. The first-order chi connectivity index (χ1) is 11.5. The zero-order chi connectivity index (χ0) is 18.8. The second kappa shape index (κ2) is 7.35. The molecule has 1 aromatic heterocycles. The minimum atomic E-state index is 0.145. The van der Waals surface area contributed by atoms with Gasteiger partial charge in [0, 0.05) is 12.2 Å². The molecule has 0 aliphatic carbocycles. The van der Waals surface area contributed by atoms with Crippen molar-refractivity contribution in [2.24, 2.45) is 0 Å². The molecule has 25 heavy (non-hydrogen) atoms. The summed E-state index contributed by atoms with van der Waals surface area (Å²) in [5.74, 6) is 0. The van der Waals surface area contributed by atoms with Crippen LogP contribution >= 0.6 is 0 Å². The van der Waals surface area contributed by atoms with E-state index in [9.17, 15) is 0 Å². The zero-order valence-electron chi connectivity index (χ0n) is 17.5. The van der Waals surface area contributed by atoms with Gasteiger partial charge in [-0.05, 0) is 60.6 Å². The Hall–Kier alpha value is -1.57. The van der Waals surface area contributed by atoms with Gasteiger partial charge in [-0.3, -0.25) is 4.68 Å². The predicted molar refractivity (Wildman–Crippen MR) is 108 cm³/mol. The van der Waals surface area contributed by atoms with Crippen molar-refractivity contribution in [3.05, 3.63) is 52.8 Å². The van der Waals surface area contributed by atoms with E-state index in [2.05, 4.69) is 90.5 Å². The molecule has 2 heteroatoms. The van der Waals surface area contributed by atoms with Gasteiger partial charge in [0.2, 0.25) is 0 Å². The molecule has 1 aromatic carbocycles. The molecule has 0 unspecified atom stereocenters. The first kappa shape index (κ1) is 19.8. The van der Waals surface area contributed by atoms with Crippen LogP contribution in [-0.4, -0.2) is 9.78 Å². The minimum absolute atomic E-state index is 0.145. The van der Waals surface area contributed by atoms with E-state index in [-0.39, 0.29) is 10.8 Å². The minimum Gasteiger partial charge on any atom is -0.270 e. The number of rotatable bonds is 5. The highest BCUT2D eigenvalue weighted by atomic mass is 15.3. The van der Waals surface area contributed by atoms with Crippen LogP contribution in [0.5, 0.6) is 0 Å². The third-order valence-electron chi connectivity index (χ3n) is 4.83. The monoisotopic (exact) mass is 340 g/mol. The lowest BCUT2D eigenvalue weighted by Gasteiger charge is -2.23. The number of aryl methyl sites for hydroxylation is 2. The molecule has 0 spiro atoms. The molecule has 2 aromatic rings. The first-order valence-electron chi connectivity index (χ1n) is 9.67. The molecule has 1 heterocycles. The Bertz CT molecular complexity index is 694. The van der Waals surface area contributed by atoms with E-state index in [0.717, 1.165) is 19.3 Å². The Labute approximate surface area is 154 Å². The van der Waals surface area contributed by atoms with Gasteiger partial charge in [0.15, 0.2) is 0 Å². The lowest BCUT2D eigenvalue weighted by molar-refractivity contribution is 0.523. The summed E-state index contributed by atoms with van der Waals surface area (Å²) in [5, 5.41) is 4.90. The summed E-state index contributed by atoms with van der Waals surface area (Å²) in [5.41, 5.74) is 5.96. The maximum absolute atomic E-state index is 4.90. The quantitative estimate of drug-likeness (QED) is 0.630. The van der Waals surface area contributed by atoms with E-state index in [1.807, 2.05) is 0 Å². The van der Waals surface area contributed by atoms with Crippen LogP contribution in [0.3, 0.4) is 0 Å². The summed E-state index contributed by atoms with van der Waals surface area (Å²) in [6, 6.07) is 9.31. The van der Waals surface area contributed by atoms with Crippen LogP contribution in [0, 0.1) is 0 Å². The summed E-state index contributed by atoms with van der Waals surface area (Å²) in [4.78, 5) is 0. The summed E-state index contributed by atoms with van der Waals surface area (Å²) in [7, 11) is 0. The SMILES string of the molecule is CC(C)n1cc(C(C)(C)C)c(CCCc2ccccc2C(C)(C)C)n1. The van der Waals surface area contributed by atoms with Crippen molar-refractivity contribution in [1.82, 2.24) is 9.78 Å². The summed E-state index contributed by atoms with van der Waals surface area (Å²) >= 11 is 0. The fourth-order valence-corrected chi connectivity index (χ4v) is 3.42. The molecule has 0 saturated heterocycles. The molecule has 138 valence electrons. The molecule has 0 aliphatic heterocycles. The van der Waals surface area contributed by atoms with Crippen LogP contribution in [0.4, 0.5) is 0 Å². The largest absolute Gasteiger partial charge is 0.270 e. The molecule has 0 fully saturated rings. The van der Waals surface area contributed by atoms with Crippen LogP contribution in [0.25, 0.3) is 0 Å².